The van der Waals surface area contributed by atoms with Crippen LogP contribution in [0.3, 0.4) is 0 Å². The molecule has 3 heteroatoms. The molecule has 0 saturated heterocycles. The van der Waals surface area contributed by atoms with Gasteiger partial charge in [-0.1, -0.05) is 13.3 Å². The van der Waals surface area contributed by atoms with E-state index in [4.69, 9.17) is 9.47 Å². The lowest BCUT2D eigenvalue weighted by Crippen LogP contribution is -2.21. The average molecular weight is 246 g/mol. The summed E-state index contributed by atoms with van der Waals surface area (Å²) in [4.78, 5) is 12.2. The van der Waals surface area contributed by atoms with Gasteiger partial charge in [-0.2, -0.15) is 0 Å². The molecule has 1 aliphatic heterocycles. The zero-order valence-corrected chi connectivity index (χ0v) is 10.6. The van der Waals surface area contributed by atoms with Gasteiger partial charge in [-0.3, -0.25) is 4.79 Å². The van der Waals surface area contributed by atoms with Crippen LogP contribution in [0.1, 0.15) is 36.5 Å². The van der Waals surface area contributed by atoms with Gasteiger partial charge in [0.05, 0.1) is 13.2 Å². The van der Waals surface area contributed by atoms with Crippen LogP contribution in [0.25, 0.3) is 0 Å². The molecule has 1 saturated carbocycles. The number of hydrogen-bond acceptors (Lipinski definition) is 3. The van der Waals surface area contributed by atoms with Crippen molar-refractivity contribution in [2.45, 2.75) is 26.2 Å². The van der Waals surface area contributed by atoms with Crippen LogP contribution in [0.15, 0.2) is 18.2 Å². The Bertz CT molecular complexity index is 463. The highest BCUT2D eigenvalue weighted by molar-refractivity contribution is 5.98. The van der Waals surface area contributed by atoms with Crippen LogP contribution >= 0.6 is 0 Å². The van der Waals surface area contributed by atoms with Crippen molar-refractivity contribution in [1.29, 1.82) is 0 Å². The van der Waals surface area contributed by atoms with E-state index >= 15 is 0 Å². The van der Waals surface area contributed by atoms with E-state index in [9.17, 15) is 4.79 Å². The summed E-state index contributed by atoms with van der Waals surface area (Å²) >= 11 is 0. The van der Waals surface area contributed by atoms with Crippen molar-refractivity contribution in [3.05, 3.63) is 23.8 Å². The normalized spacial score (nSPS) is 23.1. The number of carbonyl (C=O) groups excluding carboxylic acids is 1. The summed E-state index contributed by atoms with van der Waals surface area (Å²) in [7, 11) is 0. The average Bonchev–Trinajstić information content (AvgIpc) is 2.49. The predicted octanol–water partition coefficient (Wildman–Crippen LogP) is 3.08. The van der Waals surface area contributed by atoms with Gasteiger partial charge < -0.3 is 9.47 Å². The van der Waals surface area contributed by atoms with Gasteiger partial charge >= 0.3 is 0 Å². The lowest BCUT2D eigenvalue weighted by molar-refractivity contribution is 0.0855. The number of Topliss-reactive ketones (excluding diaryl/α,β-unsaturated/α-hetero) is 1. The maximum Gasteiger partial charge on any atom is 0.166 e. The summed E-state index contributed by atoms with van der Waals surface area (Å²) in [6.07, 6.45) is 3.24. The van der Waals surface area contributed by atoms with Crippen molar-refractivity contribution < 1.29 is 14.3 Å². The van der Waals surface area contributed by atoms with Crippen molar-refractivity contribution in [1.82, 2.24) is 0 Å². The van der Waals surface area contributed by atoms with E-state index in [0.717, 1.165) is 24.2 Å². The number of hydrogen-bond donors (Lipinski definition) is 0. The van der Waals surface area contributed by atoms with Crippen LogP contribution in [0, 0.1) is 11.8 Å². The maximum absolute atomic E-state index is 12.2. The van der Waals surface area contributed by atoms with E-state index in [0.29, 0.717) is 24.9 Å². The van der Waals surface area contributed by atoms with Crippen molar-refractivity contribution in [2.24, 2.45) is 11.8 Å². The fraction of sp³-hybridized carbons (Fsp3) is 0.533. The molecule has 0 radical (unpaired) electrons. The first kappa shape index (κ1) is 11.6. The first-order chi connectivity index (χ1) is 8.74. The van der Waals surface area contributed by atoms with Gasteiger partial charge in [-0.15, -0.1) is 0 Å². The third-order valence-corrected chi connectivity index (χ3v) is 3.75. The Morgan fingerprint density at radius 1 is 1.17 bits per heavy atom. The first-order valence-electron chi connectivity index (χ1n) is 6.68. The van der Waals surface area contributed by atoms with Crippen LogP contribution in [-0.4, -0.2) is 19.0 Å². The monoisotopic (exact) mass is 246 g/mol. The highest BCUT2D eigenvalue weighted by Gasteiger charge is 2.27. The highest BCUT2D eigenvalue weighted by Crippen LogP contribution is 2.35. The van der Waals surface area contributed by atoms with Crippen LogP contribution < -0.4 is 9.47 Å². The molecule has 1 atom stereocenters. The Balaban J connectivity index is 1.84. The molecule has 1 heterocycles. The summed E-state index contributed by atoms with van der Waals surface area (Å²) in [6, 6.07) is 5.56. The van der Waals surface area contributed by atoms with E-state index in [-0.39, 0.29) is 11.7 Å². The van der Waals surface area contributed by atoms with Gasteiger partial charge in [0.2, 0.25) is 0 Å². The molecule has 0 N–H and O–H groups in total. The summed E-state index contributed by atoms with van der Waals surface area (Å²) < 4.78 is 11.4. The summed E-state index contributed by atoms with van der Waals surface area (Å²) in [5.41, 5.74) is 0.761. The molecule has 3 rings (SSSR count). The Kier molecular flexibility index (Phi) is 2.98. The minimum absolute atomic E-state index is 0.230. The molecule has 96 valence electrons. The number of ether oxygens (including phenoxy) is 2. The van der Waals surface area contributed by atoms with Crippen LogP contribution in [0.2, 0.25) is 0 Å². The fourth-order valence-electron chi connectivity index (χ4n) is 2.31. The lowest BCUT2D eigenvalue weighted by Gasteiger charge is -2.24. The standard InChI is InChI=1S/C15H18O3/c1-10-8-17-13-6-5-12(7-14(13)18-9-10)15(16)11-3-2-4-11/h5-7,10-11H,2-4,8-9H2,1H3. The Labute approximate surface area is 107 Å². The quantitative estimate of drug-likeness (QED) is 0.752. The fourth-order valence-corrected chi connectivity index (χ4v) is 2.31. The van der Waals surface area contributed by atoms with Gasteiger partial charge in [0.1, 0.15) is 0 Å². The smallest absolute Gasteiger partial charge is 0.166 e. The molecule has 1 aromatic carbocycles. The van der Waals surface area contributed by atoms with Crippen molar-refractivity contribution in [2.75, 3.05) is 13.2 Å². The molecule has 1 aromatic rings. The SMILES string of the molecule is CC1COc2ccc(C(=O)C3CCC3)cc2OC1. The third kappa shape index (κ3) is 2.09. The molecule has 3 nitrogen and oxygen atoms in total. The topological polar surface area (TPSA) is 35.5 Å². The minimum atomic E-state index is 0.230. The molecule has 18 heavy (non-hydrogen) atoms. The Morgan fingerprint density at radius 2 is 1.89 bits per heavy atom. The second-order valence-electron chi connectivity index (χ2n) is 5.38. The van der Waals surface area contributed by atoms with Crippen molar-refractivity contribution >= 4 is 5.78 Å². The lowest BCUT2D eigenvalue weighted by atomic mass is 9.80. The van der Waals surface area contributed by atoms with Crippen molar-refractivity contribution in [3.63, 3.8) is 0 Å². The maximum atomic E-state index is 12.2. The zero-order chi connectivity index (χ0) is 12.5. The number of carbonyl (C=O) groups is 1. The van der Waals surface area contributed by atoms with E-state index < -0.39 is 0 Å². The van der Waals surface area contributed by atoms with Crippen LogP contribution in [0.4, 0.5) is 0 Å². The zero-order valence-electron chi connectivity index (χ0n) is 10.6. The Hall–Kier alpha value is -1.51. The summed E-state index contributed by atoms with van der Waals surface area (Å²) in [5.74, 6) is 2.33. The van der Waals surface area contributed by atoms with Crippen LogP contribution in [-0.2, 0) is 0 Å². The predicted molar refractivity (Wildman–Crippen MR) is 68.3 cm³/mol. The molecule has 1 aliphatic carbocycles. The number of benzene rings is 1. The molecular weight excluding hydrogens is 228 g/mol. The van der Waals surface area contributed by atoms with E-state index in [2.05, 4.69) is 6.92 Å². The second kappa shape index (κ2) is 4.63. The van der Waals surface area contributed by atoms with Gasteiger partial charge in [0, 0.05) is 17.4 Å². The van der Waals surface area contributed by atoms with Crippen LogP contribution in [0.5, 0.6) is 11.5 Å². The van der Waals surface area contributed by atoms with Gasteiger partial charge in [-0.25, -0.2) is 0 Å². The molecule has 0 aromatic heterocycles. The number of fused-ring (bicyclic) bond motifs is 1. The van der Waals surface area contributed by atoms with Gasteiger partial charge in [0.15, 0.2) is 17.3 Å². The molecule has 0 amide bonds. The molecule has 2 aliphatic rings. The summed E-state index contributed by atoms with van der Waals surface area (Å²) in [5, 5.41) is 0. The minimum Gasteiger partial charge on any atom is -0.489 e. The molecule has 0 spiro atoms. The van der Waals surface area contributed by atoms with E-state index in [1.807, 2.05) is 18.2 Å². The highest BCUT2D eigenvalue weighted by atomic mass is 16.5. The number of rotatable bonds is 2. The third-order valence-electron chi connectivity index (χ3n) is 3.75. The second-order valence-corrected chi connectivity index (χ2v) is 5.38. The number of ketones is 1. The van der Waals surface area contributed by atoms with Gasteiger partial charge in [0.25, 0.3) is 0 Å². The van der Waals surface area contributed by atoms with E-state index in [1.165, 1.54) is 6.42 Å². The molecule has 1 unspecified atom stereocenters. The Morgan fingerprint density at radius 3 is 2.56 bits per heavy atom. The van der Waals surface area contributed by atoms with Gasteiger partial charge in [-0.05, 0) is 31.0 Å². The molecular formula is C15H18O3. The molecule has 1 fully saturated rings. The largest absolute Gasteiger partial charge is 0.489 e. The first-order valence-corrected chi connectivity index (χ1v) is 6.68. The molecule has 0 bridgehead atoms. The van der Waals surface area contributed by atoms with E-state index in [1.54, 1.807) is 0 Å². The van der Waals surface area contributed by atoms with Crippen molar-refractivity contribution in [3.8, 4) is 11.5 Å². The summed E-state index contributed by atoms with van der Waals surface area (Å²) in [6.45, 7) is 3.41.